The molecule has 0 aliphatic carbocycles. The highest BCUT2D eigenvalue weighted by molar-refractivity contribution is 7.92. The summed E-state index contributed by atoms with van der Waals surface area (Å²) in [5, 5.41) is 10.6. The van der Waals surface area contributed by atoms with Gasteiger partial charge in [-0.25, -0.2) is 12.8 Å². The second-order valence-corrected chi connectivity index (χ2v) is 6.05. The van der Waals surface area contributed by atoms with Crippen molar-refractivity contribution < 1.29 is 17.7 Å². The normalized spacial score (nSPS) is 11.1. The molecule has 0 bridgehead atoms. The Labute approximate surface area is 124 Å². The smallest absolute Gasteiger partial charge is 0.277 e. The van der Waals surface area contributed by atoms with Crippen molar-refractivity contribution in [2.75, 3.05) is 4.72 Å². The summed E-state index contributed by atoms with van der Waals surface area (Å²) in [6.45, 7) is 0. The Morgan fingerprint density at radius 3 is 2.48 bits per heavy atom. The first kappa shape index (κ1) is 15.2. The van der Waals surface area contributed by atoms with Crippen LogP contribution in [0.2, 0.25) is 5.02 Å². The molecule has 2 aromatic rings. The third-order valence-electron chi connectivity index (χ3n) is 2.54. The Balaban J connectivity index is 2.43. The average molecular weight is 331 g/mol. The lowest BCUT2D eigenvalue weighted by Crippen LogP contribution is -2.14. The molecular weight excluding hydrogens is 323 g/mol. The lowest BCUT2D eigenvalue weighted by atomic mass is 10.3. The van der Waals surface area contributed by atoms with Crippen LogP contribution in [0, 0.1) is 15.9 Å². The molecule has 0 spiro atoms. The second kappa shape index (κ2) is 5.66. The number of hydrogen-bond donors (Lipinski definition) is 1. The predicted octanol–water partition coefficient (Wildman–Crippen LogP) is 3.19. The van der Waals surface area contributed by atoms with Crippen LogP contribution in [-0.2, 0) is 10.0 Å². The molecule has 0 radical (unpaired) electrons. The molecule has 0 unspecified atom stereocenters. The maximum atomic E-state index is 13.5. The number of para-hydroxylation sites is 1. The van der Waals surface area contributed by atoms with E-state index < -0.39 is 26.5 Å². The molecule has 0 fully saturated rings. The Bertz CT molecular complexity index is 811. The van der Waals surface area contributed by atoms with Gasteiger partial charge in [-0.2, -0.15) is 0 Å². The van der Waals surface area contributed by atoms with Crippen molar-refractivity contribution in [3.05, 3.63) is 63.4 Å². The van der Waals surface area contributed by atoms with Crippen LogP contribution < -0.4 is 4.72 Å². The molecule has 0 amide bonds. The quantitative estimate of drug-likeness (QED) is 0.688. The molecule has 0 aliphatic heterocycles. The van der Waals surface area contributed by atoms with Crippen molar-refractivity contribution in [3.8, 4) is 0 Å². The number of sulfonamides is 1. The second-order valence-electron chi connectivity index (χ2n) is 3.96. The van der Waals surface area contributed by atoms with Gasteiger partial charge in [-0.3, -0.25) is 14.8 Å². The van der Waals surface area contributed by atoms with Gasteiger partial charge in [0.15, 0.2) is 0 Å². The summed E-state index contributed by atoms with van der Waals surface area (Å²) >= 11 is 5.61. The number of rotatable bonds is 4. The van der Waals surface area contributed by atoms with Crippen LogP contribution in [-0.4, -0.2) is 13.3 Å². The summed E-state index contributed by atoms with van der Waals surface area (Å²) in [6, 6.07) is 8.17. The number of hydrogen-bond acceptors (Lipinski definition) is 4. The maximum Gasteiger partial charge on any atom is 0.289 e. The highest BCUT2D eigenvalue weighted by Crippen LogP contribution is 2.28. The van der Waals surface area contributed by atoms with Crippen molar-refractivity contribution in [3.63, 3.8) is 0 Å². The van der Waals surface area contributed by atoms with Gasteiger partial charge in [0.1, 0.15) is 10.8 Å². The van der Waals surface area contributed by atoms with Crippen molar-refractivity contribution in [2.45, 2.75) is 4.90 Å². The summed E-state index contributed by atoms with van der Waals surface area (Å²) < 4.78 is 39.7. The standard InChI is InChI=1S/C12H8ClFN2O4S/c13-9-6-5-8(7-12(9)16(17)18)21(19,20)15-11-4-2-1-3-10(11)14/h1-7,15H. The Morgan fingerprint density at radius 1 is 1.19 bits per heavy atom. The van der Waals surface area contributed by atoms with Crippen molar-refractivity contribution >= 4 is 33.0 Å². The van der Waals surface area contributed by atoms with Gasteiger partial charge in [0.05, 0.1) is 15.5 Å². The van der Waals surface area contributed by atoms with E-state index in [1.807, 2.05) is 4.72 Å². The molecule has 9 heteroatoms. The van der Waals surface area contributed by atoms with Crippen LogP contribution >= 0.6 is 11.6 Å². The fraction of sp³-hybridized carbons (Fsp3) is 0. The molecule has 0 atom stereocenters. The summed E-state index contributed by atoms with van der Waals surface area (Å²) in [5.74, 6) is -0.760. The first-order chi connectivity index (χ1) is 9.81. The summed E-state index contributed by atoms with van der Waals surface area (Å²) in [7, 11) is -4.16. The lowest BCUT2D eigenvalue weighted by molar-refractivity contribution is -0.384. The van der Waals surface area contributed by atoms with E-state index in [1.54, 1.807) is 0 Å². The third-order valence-corrected chi connectivity index (χ3v) is 4.23. The van der Waals surface area contributed by atoms with Crippen LogP contribution in [0.25, 0.3) is 0 Å². The third kappa shape index (κ3) is 3.29. The molecule has 21 heavy (non-hydrogen) atoms. The highest BCUT2D eigenvalue weighted by atomic mass is 35.5. The van der Waals surface area contributed by atoms with Crippen molar-refractivity contribution in [1.29, 1.82) is 0 Å². The monoisotopic (exact) mass is 330 g/mol. The van der Waals surface area contributed by atoms with E-state index in [1.165, 1.54) is 18.2 Å². The highest BCUT2D eigenvalue weighted by Gasteiger charge is 2.21. The van der Waals surface area contributed by atoms with E-state index in [-0.39, 0.29) is 15.6 Å². The van der Waals surface area contributed by atoms with Crippen molar-refractivity contribution in [2.24, 2.45) is 0 Å². The van der Waals surface area contributed by atoms with Crippen LogP contribution in [0.4, 0.5) is 15.8 Å². The van der Waals surface area contributed by atoms with Gasteiger partial charge in [0, 0.05) is 6.07 Å². The molecule has 2 aromatic carbocycles. The topological polar surface area (TPSA) is 89.3 Å². The van der Waals surface area contributed by atoms with Gasteiger partial charge < -0.3 is 0 Å². The van der Waals surface area contributed by atoms with E-state index in [4.69, 9.17) is 11.6 Å². The minimum atomic E-state index is -4.16. The minimum absolute atomic E-state index is 0.190. The number of anilines is 1. The fourth-order valence-corrected chi connectivity index (χ4v) is 2.82. The van der Waals surface area contributed by atoms with Gasteiger partial charge in [-0.1, -0.05) is 23.7 Å². The van der Waals surface area contributed by atoms with Crippen LogP contribution in [0.5, 0.6) is 0 Å². The van der Waals surface area contributed by atoms with Crippen molar-refractivity contribution in [1.82, 2.24) is 0 Å². The first-order valence-electron chi connectivity index (χ1n) is 5.52. The number of nitrogens with one attached hydrogen (secondary N) is 1. The van der Waals surface area contributed by atoms with Crippen LogP contribution in [0.3, 0.4) is 0 Å². The van der Waals surface area contributed by atoms with Gasteiger partial charge in [-0.05, 0) is 24.3 Å². The fourth-order valence-electron chi connectivity index (χ4n) is 1.55. The van der Waals surface area contributed by atoms with Gasteiger partial charge in [0.25, 0.3) is 15.7 Å². The van der Waals surface area contributed by atoms with E-state index in [2.05, 4.69) is 0 Å². The average Bonchev–Trinajstić information content (AvgIpc) is 2.41. The van der Waals surface area contributed by atoms with Crippen LogP contribution in [0.1, 0.15) is 0 Å². The largest absolute Gasteiger partial charge is 0.289 e. The number of halogens is 2. The number of benzene rings is 2. The zero-order chi connectivity index (χ0) is 15.6. The van der Waals surface area contributed by atoms with E-state index in [0.29, 0.717) is 0 Å². The summed E-state index contributed by atoms with van der Waals surface area (Å²) in [6.07, 6.45) is 0. The molecule has 0 aromatic heterocycles. The summed E-state index contributed by atoms with van der Waals surface area (Å²) in [5.41, 5.74) is -0.803. The Hall–Kier alpha value is -2.19. The zero-order valence-corrected chi connectivity index (χ0v) is 11.9. The molecule has 0 saturated heterocycles. The molecule has 2 rings (SSSR count). The van der Waals surface area contributed by atoms with Crippen LogP contribution in [0.15, 0.2) is 47.4 Å². The van der Waals surface area contributed by atoms with Gasteiger partial charge in [0.2, 0.25) is 0 Å². The minimum Gasteiger partial charge on any atom is -0.277 e. The molecule has 6 nitrogen and oxygen atoms in total. The number of nitrogens with zero attached hydrogens (tertiary/aromatic N) is 1. The van der Waals surface area contributed by atoms with E-state index >= 15 is 0 Å². The van der Waals surface area contributed by atoms with Gasteiger partial charge >= 0.3 is 0 Å². The molecule has 110 valence electrons. The molecular formula is C12H8ClFN2O4S. The SMILES string of the molecule is O=[N+]([O-])c1cc(S(=O)(=O)Nc2ccccc2F)ccc1Cl. The Morgan fingerprint density at radius 2 is 1.86 bits per heavy atom. The molecule has 0 heterocycles. The number of nitro groups is 1. The van der Waals surface area contributed by atoms with Gasteiger partial charge in [-0.15, -0.1) is 0 Å². The maximum absolute atomic E-state index is 13.5. The lowest BCUT2D eigenvalue weighted by Gasteiger charge is -2.09. The zero-order valence-electron chi connectivity index (χ0n) is 10.3. The van der Waals surface area contributed by atoms with E-state index in [0.717, 1.165) is 24.3 Å². The van der Waals surface area contributed by atoms with E-state index in [9.17, 15) is 22.9 Å². The Kier molecular flexibility index (Phi) is 4.10. The molecule has 1 N–H and O–H groups in total. The predicted molar refractivity (Wildman–Crippen MR) is 75.3 cm³/mol. The molecule has 0 aliphatic rings. The number of nitro benzene ring substituents is 1. The molecule has 0 saturated carbocycles. The summed E-state index contributed by atoms with van der Waals surface area (Å²) in [4.78, 5) is 9.57. The first-order valence-corrected chi connectivity index (χ1v) is 7.38.